The average Bonchev–Trinajstić information content (AvgIpc) is 2.49. The van der Waals surface area contributed by atoms with E-state index in [2.05, 4.69) is 4.90 Å². The maximum Gasteiger partial charge on any atom is 0.140 e. The number of benzene rings is 1. The van der Waals surface area contributed by atoms with Crippen LogP contribution in [-0.4, -0.2) is 30.2 Å². The lowest BCUT2D eigenvalue weighted by atomic mass is 9.90. The number of nitrogens with zero attached hydrogens (tertiary/aromatic N) is 2. The van der Waals surface area contributed by atoms with E-state index < -0.39 is 5.82 Å². The Morgan fingerprint density at radius 1 is 1.35 bits per heavy atom. The normalized spacial score (nSPS) is 26.8. The van der Waals surface area contributed by atoms with Gasteiger partial charge in [0.05, 0.1) is 18.3 Å². The second-order valence-corrected chi connectivity index (χ2v) is 5.66. The summed E-state index contributed by atoms with van der Waals surface area (Å²) in [6.45, 7) is 2.47. The highest BCUT2D eigenvalue weighted by Crippen LogP contribution is 2.29. The topological polar surface area (TPSA) is 36.3 Å². The Bertz CT molecular complexity index is 524. The minimum absolute atomic E-state index is 0.135. The van der Waals surface area contributed by atoms with Crippen molar-refractivity contribution in [1.29, 1.82) is 5.26 Å². The highest BCUT2D eigenvalue weighted by molar-refractivity contribution is 5.34. The molecular formula is C16H19FN2O. The van der Waals surface area contributed by atoms with Crippen LogP contribution in [0.15, 0.2) is 18.2 Å². The summed E-state index contributed by atoms with van der Waals surface area (Å²) in [5.41, 5.74) is 1.14. The molecule has 1 saturated carbocycles. The summed E-state index contributed by atoms with van der Waals surface area (Å²) < 4.78 is 19.2. The van der Waals surface area contributed by atoms with Crippen molar-refractivity contribution in [2.24, 2.45) is 0 Å². The molecular weight excluding hydrogens is 255 g/mol. The van der Waals surface area contributed by atoms with Gasteiger partial charge in [-0.25, -0.2) is 4.39 Å². The van der Waals surface area contributed by atoms with Crippen LogP contribution in [0, 0.1) is 17.1 Å². The zero-order chi connectivity index (χ0) is 13.9. The van der Waals surface area contributed by atoms with Gasteiger partial charge in [0.25, 0.3) is 0 Å². The molecule has 106 valence electrons. The second-order valence-electron chi connectivity index (χ2n) is 5.66. The monoisotopic (exact) mass is 274 g/mol. The fraction of sp³-hybridized carbons (Fsp3) is 0.562. The van der Waals surface area contributed by atoms with Gasteiger partial charge in [-0.05, 0) is 30.5 Å². The zero-order valence-corrected chi connectivity index (χ0v) is 11.5. The molecule has 2 aliphatic rings. The molecule has 0 N–H and O–H groups in total. The molecule has 1 aliphatic heterocycles. The highest BCUT2D eigenvalue weighted by Gasteiger charge is 2.33. The Kier molecular flexibility index (Phi) is 4.00. The van der Waals surface area contributed by atoms with Gasteiger partial charge < -0.3 is 4.74 Å². The summed E-state index contributed by atoms with van der Waals surface area (Å²) in [6, 6.07) is 7.24. The number of fused-ring (bicyclic) bond motifs is 1. The molecule has 2 fully saturated rings. The molecule has 0 radical (unpaired) electrons. The molecule has 20 heavy (non-hydrogen) atoms. The molecule has 1 aromatic rings. The van der Waals surface area contributed by atoms with Gasteiger partial charge in [0.2, 0.25) is 0 Å². The van der Waals surface area contributed by atoms with Gasteiger partial charge in [0.1, 0.15) is 11.9 Å². The maximum atomic E-state index is 13.4. The summed E-state index contributed by atoms with van der Waals surface area (Å²) in [5, 5.41) is 8.91. The Morgan fingerprint density at radius 3 is 3.05 bits per heavy atom. The predicted molar refractivity (Wildman–Crippen MR) is 73.5 cm³/mol. The average molecular weight is 274 g/mol. The number of morpholine rings is 1. The van der Waals surface area contributed by atoms with Crippen molar-refractivity contribution in [3.63, 3.8) is 0 Å². The minimum Gasteiger partial charge on any atom is -0.375 e. The highest BCUT2D eigenvalue weighted by atomic mass is 19.1. The molecule has 3 nitrogen and oxygen atoms in total. The lowest BCUT2D eigenvalue weighted by Crippen LogP contribution is -2.52. The molecule has 2 unspecified atom stereocenters. The Morgan fingerprint density at radius 2 is 2.20 bits per heavy atom. The van der Waals surface area contributed by atoms with Gasteiger partial charge in [-0.15, -0.1) is 0 Å². The molecule has 3 rings (SSSR count). The number of hydrogen-bond acceptors (Lipinski definition) is 3. The van der Waals surface area contributed by atoms with E-state index in [9.17, 15) is 4.39 Å². The lowest BCUT2D eigenvalue weighted by molar-refractivity contribution is -0.0911. The van der Waals surface area contributed by atoms with Gasteiger partial charge in [0.15, 0.2) is 0 Å². The number of rotatable bonds is 2. The van der Waals surface area contributed by atoms with Crippen molar-refractivity contribution in [1.82, 2.24) is 4.90 Å². The summed E-state index contributed by atoms with van der Waals surface area (Å²) >= 11 is 0. The Balaban J connectivity index is 1.74. The van der Waals surface area contributed by atoms with Crippen LogP contribution in [0.1, 0.15) is 36.8 Å². The van der Waals surface area contributed by atoms with Gasteiger partial charge in [-0.3, -0.25) is 4.90 Å². The summed E-state index contributed by atoms with van der Waals surface area (Å²) in [6.07, 6.45) is 5.19. The van der Waals surface area contributed by atoms with Crippen molar-refractivity contribution >= 4 is 0 Å². The van der Waals surface area contributed by atoms with Crippen LogP contribution in [0.25, 0.3) is 0 Å². The molecule has 2 atom stereocenters. The van der Waals surface area contributed by atoms with Crippen molar-refractivity contribution in [2.75, 3.05) is 13.2 Å². The number of ether oxygens (including phenoxy) is 1. The third kappa shape index (κ3) is 2.70. The van der Waals surface area contributed by atoms with Crippen molar-refractivity contribution in [3.8, 4) is 6.07 Å². The molecule has 4 heteroatoms. The van der Waals surface area contributed by atoms with E-state index in [-0.39, 0.29) is 5.56 Å². The fourth-order valence-corrected chi connectivity index (χ4v) is 3.36. The van der Waals surface area contributed by atoms with E-state index in [0.29, 0.717) is 12.1 Å². The van der Waals surface area contributed by atoms with E-state index in [1.54, 1.807) is 12.1 Å². The third-order valence-electron chi connectivity index (χ3n) is 4.38. The number of nitriles is 1. The smallest absolute Gasteiger partial charge is 0.140 e. The first-order chi connectivity index (χ1) is 9.78. The Labute approximate surface area is 119 Å². The number of halogens is 1. The lowest BCUT2D eigenvalue weighted by Gasteiger charge is -2.43. The van der Waals surface area contributed by atoms with Crippen LogP contribution in [-0.2, 0) is 11.3 Å². The van der Waals surface area contributed by atoms with E-state index >= 15 is 0 Å². The van der Waals surface area contributed by atoms with Gasteiger partial charge >= 0.3 is 0 Å². The first-order valence-electron chi connectivity index (χ1n) is 7.32. The summed E-state index contributed by atoms with van der Waals surface area (Å²) in [5.74, 6) is -0.436. The molecule has 1 saturated heterocycles. The molecule has 1 heterocycles. The zero-order valence-electron chi connectivity index (χ0n) is 11.5. The Hall–Kier alpha value is -1.44. The molecule has 0 spiro atoms. The minimum atomic E-state index is -0.436. The van der Waals surface area contributed by atoms with Crippen LogP contribution in [0.2, 0.25) is 0 Å². The van der Waals surface area contributed by atoms with Crippen LogP contribution in [0.4, 0.5) is 4.39 Å². The van der Waals surface area contributed by atoms with Crippen molar-refractivity contribution < 1.29 is 9.13 Å². The molecule has 0 aromatic heterocycles. The molecule has 0 amide bonds. The van der Waals surface area contributed by atoms with E-state index in [4.69, 9.17) is 10.00 Å². The maximum absolute atomic E-state index is 13.4. The van der Waals surface area contributed by atoms with E-state index in [1.807, 2.05) is 6.07 Å². The standard InChI is InChI=1S/C16H19FN2O/c17-14-6-5-12(9-13(14)10-18)11-19-7-8-20-16-4-2-1-3-15(16)19/h5-6,9,15-16H,1-4,7-8,11H2. The van der Waals surface area contributed by atoms with Crippen LogP contribution < -0.4 is 0 Å². The molecule has 1 aromatic carbocycles. The van der Waals surface area contributed by atoms with Gasteiger partial charge in [0, 0.05) is 19.1 Å². The quantitative estimate of drug-likeness (QED) is 0.832. The van der Waals surface area contributed by atoms with Crippen molar-refractivity contribution in [3.05, 3.63) is 35.1 Å². The predicted octanol–water partition coefficient (Wildman–Crippen LogP) is 2.84. The third-order valence-corrected chi connectivity index (χ3v) is 4.38. The molecule has 1 aliphatic carbocycles. The fourth-order valence-electron chi connectivity index (χ4n) is 3.36. The summed E-state index contributed by atoms with van der Waals surface area (Å²) in [7, 11) is 0. The van der Waals surface area contributed by atoms with E-state index in [0.717, 1.165) is 31.7 Å². The molecule has 0 bridgehead atoms. The van der Waals surface area contributed by atoms with Crippen LogP contribution >= 0.6 is 0 Å². The first-order valence-corrected chi connectivity index (χ1v) is 7.32. The van der Waals surface area contributed by atoms with Gasteiger partial charge in [-0.2, -0.15) is 5.26 Å². The van der Waals surface area contributed by atoms with E-state index in [1.165, 1.54) is 25.3 Å². The largest absolute Gasteiger partial charge is 0.375 e. The summed E-state index contributed by atoms with van der Waals surface area (Å²) in [4.78, 5) is 2.43. The second kappa shape index (κ2) is 5.90. The van der Waals surface area contributed by atoms with Gasteiger partial charge in [-0.1, -0.05) is 18.9 Å². The van der Waals surface area contributed by atoms with Crippen molar-refractivity contribution in [2.45, 2.75) is 44.4 Å². The number of hydrogen-bond donors (Lipinski definition) is 0. The van der Waals surface area contributed by atoms with Crippen LogP contribution in [0.5, 0.6) is 0 Å². The first kappa shape index (κ1) is 13.5. The van der Waals surface area contributed by atoms with Crippen LogP contribution in [0.3, 0.4) is 0 Å². The SMILES string of the molecule is N#Cc1cc(CN2CCOC3CCCCC32)ccc1F.